The first kappa shape index (κ1) is 41.3. The summed E-state index contributed by atoms with van der Waals surface area (Å²) in [5, 5.41) is 8.06. The van der Waals surface area contributed by atoms with Crippen LogP contribution in [0.15, 0.2) is 53.5 Å². The van der Waals surface area contributed by atoms with Crippen molar-refractivity contribution in [3.8, 4) is 11.5 Å². The van der Waals surface area contributed by atoms with Crippen LogP contribution in [0.2, 0.25) is 5.02 Å². The number of aliphatic imine (C=N–C) groups is 1. The molecule has 0 saturated carbocycles. The SMILES string of the molecule is CC(=O)O.CCCCCCCCCCCCN=C(N)N.COc1ccc(/C(=C/C(=O)N2CCOCC2)c2ccc(Cl)cc2)cc1OC. The molecule has 1 heterocycles. The molecule has 0 aliphatic carbocycles. The number of rotatable bonds is 16. The van der Waals surface area contributed by atoms with Gasteiger partial charge in [0.25, 0.3) is 5.97 Å². The average Bonchev–Trinajstić information content (AvgIpc) is 3.06. The normalized spacial score (nSPS) is 12.5. The van der Waals surface area contributed by atoms with Crippen molar-refractivity contribution in [3.63, 3.8) is 0 Å². The van der Waals surface area contributed by atoms with Gasteiger partial charge in [-0.05, 0) is 47.4 Å². The summed E-state index contributed by atoms with van der Waals surface area (Å²) in [6.45, 7) is 6.44. The van der Waals surface area contributed by atoms with Crippen molar-refractivity contribution in [3.05, 3.63) is 64.7 Å². The molecule has 0 unspecified atom stereocenters. The van der Waals surface area contributed by atoms with Crippen LogP contribution in [0.5, 0.6) is 11.5 Å². The maximum atomic E-state index is 12.8. The van der Waals surface area contributed by atoms with Gasteiger partial charge in [0.2, 0.25) is 5.91 Å². The first-order valence-corrected chi connectivity index (χ1v) is 16.8. The Morgan fingerprint density at radius 3 is 1.89 bits per heavy atom. The summed E-state index contributed by atoms with van der Waals surface area (Å²) in [6.07, 6.45) is 15.1. The molecule has 1 aliphatic rings. The van der Waals surface area contributed by atoms with Crippen molar-refractivity contribution >= 4 is 35.0 Å². The van der Waals surface area contributed by atoms with E-state index in [9.17, 15) is 4.79 Å². The number of carbonyl (C=O) groups excluding carboxylic acids is 1. The number of carbonyl (C=O) groups is 2. The number of amides is 1. The third-order valence-corrected chi connectivity index (χ3v) is 7.50. The van der Waals surface area contributed by atoms with E-state index >= 15 is 0 Å². The number of unbranched alkanes of at least 4 members (excludes halogenated alkanes) is 9. The Morgan fingerprint density at radius 2 is 1.38 bits per heavy atom. The highest BCUT2D eigenvalue weighted by molar-refractivity contribution is 6.30. The summed E-state index contributed by atoms with van der Waals surface area (Å²) in [5.74, 6) is 0.582. The molecule has 1 amide bonds. The molecule has 0 aromatic heterocycles. The molecule has 1 aliphatic heterocycles. The number of nitrogens with two attached hydrogens (primary N) is 2. The van der Waals surface area contributed by atoms with Crippen LogP contribution >= 0.6 is 11.6 Å². The number of nitrogens with zero attached hydrogens (tertiary/aromatic N) is 2. The number of aliphatic carboxylic acids is 1. The molecule has 262 valence electrons. The number of methoxy groups -OCH3 is 2. The quantitative estimate of drug-likeness (QED) is 0.0752. The van der Waals surface area contributed by atoms with Crippen LogP contribution in [0.3, 0.4) is 0 Å². The highest BCUT2D eigenvalue weighted by Gasteiger charge is 2.18. The molecule has 10 nitrogen and oxygen atoms in total. The van der Waals surface area contributed by atoms with Crippen LogP contribution in [0.25, 0.3) is 5.57 Å². The first-order chi connectivity index (χ1) is 22.6. The Balaban J connectivity index is 0.000000471. The number of morpholine rings is 1. The van der Waals surface area contributed by atoms with Crippen LogP contribution in [-0.4, -0.2) is 74.9 Å². The van der Waals surface area contributed by atoms with E-state index in [1.165, 1.54) is 57.8 Å². The van der Waals surface area contributed by atoms with Crippen LogP contribution < -0.4 is 20.9 Å². The van der Waals surface area contributed by atoms with E-state index in [-0.39, 0.29) is 11.9 Å². The van der Waals surface area contributed by atoms with Crippen molar-refractivity contribution in [1.29, 1.82) is 0 Å². The van der Waals surface area contributed by atoms with Gasteiger partial charge in [0.1, 0.15) is 0 Å². The maximum Gasteiger partial charge on any atom is 0.300 e. The smallest absolute Gasteiger partial charge is 0.300 e. The molecule has 0 bridgehead atoms. The number of carboxylic acid groups (broad SMARTS) is 1. The van der Waals surface area contributed by atoms with Crippen molar-refractivity contribution in [1.82, 2.24) is 4.90 Å². The van der Waals surface area contributed by atoms with Gasteiger partial charge in [-0.1, -0.05) is 94.5 Å². The highest BCUT2D eigenvalue weighted by atomic mass is 35.5. The van der Waals surface area contributed by atoms with Gasteiger partial charge in [0.15, 0.2) is 17.5 Å². The zero-order valence-electron chi connectivity index (χ0n) is 28.6. The molecule has 3 rings (SSSR count). The van der Waals surface area contributed by atoms with E-state index < -0.39 is 5.97 Å². The van der Waals surface area contributed by atoms with Crippen LogP contribution in [0.1, 0.15) is 89.2 Å². The molecular formula is C36H55ClN4O6. The van der Waals surface area contributed by atoms with Gasteiger partial charge in [0.05, 0.1) is 27.4 Å². The summed E-state index contributed by atoms with van der Waals surface area (Å²) in [5.41, 5.74) is 13.0. The molecule has 0 spiro atoms. The van der Waals surface area contributed by atoms with E-state index in [1.54, 1.807) is 25.2 Å². The van der Waals surface area contributed by atoms with Crippen molar-refractivity contribution in [2.24, 2.45) is 16.5 Å². The molecule has 0 radical (unpaired) electrons. The minimum absolute atomic E-state index is 0.0435. The molecule has 0 atom stereocenters. The van der Waals surface area contributed by atoms with E-state index in [4.69, 9.17) is 47.2 Å². The third-order valence-electron chi connectivity index (χ3n) is 7.25. The fourth-order valence-electron chi connectivity index (χ4n) is 4.77. The highest BCUT2D eigenvalue weighted by Crippen LogP contribution is 2.33. The van der Waals surface area contributed by atoms with E-state index in [1.807, 2.05) is 42.5 Å². The fourth-order valence-corrected chi connectivity index (χ4v) is 4.90. The Bertz CT molecular complexity index is 1220. The number of ether oxygens (including phenoxy) is 3. The lowest BCUT2D eigenvalue weighted by molar-refractivity contribution is -0.134. The van der Waals surface area contributed by atoms with Crippen LogP contribution in [0, 0.1) is 0 Å². The molecule has 2 aromatic carbocycles. The number of benzene rings is 2. The molecular weight excluding hydrogens is 620 g/mol. The molecule has 1 saturated heterocycles. The van der Waals surface area contributed by atoms with Gasteiger partial charge in [-0.2, -0.15) is 0 Å². The van der Waals surface area contributed by atoms with E-state index in [0.717, 1.165) is 36.6 Å². The standard InChI is InChI=1S/C21H22ClNO4.C13H29N3.C2H4O2/c1-25-19-8-5-16(13-20(19)26-2)18(15-3-6-17(22)7-4-15)14-21(24)23-9-11-27-12-10-23;1-2-3-4-5-6-7-8-9-10-11-12-16-13(14)15;1-2(3)4/h3-8,13-14H,9-12H2,1-2H3;2-12H2,1H3,(H4,14,15,16);1H3,(H,3,4)/b18-14+;;. The zero-order chi connectivity index (χ0) is 34.9. The summed E-state index contributed by atoms with van der Waals surface area (Å²) in [7, 11) is 3.18. The van der Waals surface area contributed by atoms with Crippen molar-refractivity contribution < 1.29 is 28.9 Å². The molecule has 11 heteroatoms. The van der Waals surface area contributed by atoms with Crippen molar-refractivity contribution in [2.75, 3.05) is 47.1 Å². The molecule has 47 heavy (non-hydrogen) atoms. The van der Waals surface area contributed by atoms with Gasteiger partial charge < -0.3 is 35.7 Å². The first-order valence-electron chi connectivity index (χ1n) is 16.4. The van der Waals surface area contributed by atoms with Gasteiger partial charge in [-0.15, -0.1) is 0 Å². The Labute approximate surface area is 286 Å². The van der Waals surface area contributed by atoms with Crippen LogP contribution in [0.4, 0.5) is 0 Å². The lowest BCUT2D eigenvalue weighted by Crippen LogP contribution is -2.39. The largest absolute Gasteiger partial charge is 0.493 e. The molecule has 1 fully saturated rings. The number of guanidine groups is 1. The topological polar surface area (TPSA) is 150 Å². The number of carboxylic acids is 1. The van der Waals surface area contributed by atoms with Crippen molar-refractivity contribution in [2.45, 2.75) is 78.1 Å². The Hall–Kier alpha value is -3.76. The monoisotopic (exact) mass is 674 g/mol. The second-order valence-corrected chi connectivity index (χ2v) is 11.5. The van der Waals surface area contributed by atoms with Gasteiger partial charge in [-0.25, -0.2) is 0 Å². The predicted molar refractivity (Wildman–Crippen MR) is 191 cm³/mol. The number of halogens is 1. The maximum absolute atomic E-state index is 12.8. The predicted octanol–water partition coefficient (Wildman–Crippen LogP) is 6.92. The van der Waals surface area contributed by atoms with E-state index in [2.05, 4.69) is 11.9 Å². The molecule has 5 N–H and O–H groups in total. The van der Waals surface area contributed by atoms with Crippen LogP contribution in [-0.2, 0) is 14.3 Å². The van der Waals surface area contributed by atoms with E-state index in [0.29, 0.717) is 42.8 Å². The molecule has 2 aromatic rings. The third kappa shape index (κ3) is 18.8. The Morgan fingerprint density at radius 1 is 0.872 bits per heavy atom. The minimum Gasteiger partial charge on any atom is -0.493 e. The second kappa shape index (κ2) is 25.3. The van der Waals surface area contributed by atoms with Gasteiger partial charge in [-0.3, -0.25) is 14.6 Å². The zero-order valence-corrected chi connectivity index (χ0v) is 29.4. The minimum atomic E-state index is -0.833. The fraction of sp³-hybridized carbons (Fsp3) is 0.528. The Kier molecular flexibility index (Phi) is 22.3. The number of hydrogen-bond acceptors (Lipinski definition) is 6. The lowest BCUT2D eigenvalue weighted by Gasteiger charge is -2.26. The lowest BCUT2D eigenvalue weighted by atomic mass is 9.96. The summed E-state index contributed by atoms with van der Waals surface area (Å²) in [4.78, 5) is 27.6. The second-order valence-electron chi connectivity index (χ2n) is 11.1. The average molecular weight is 675 g/mol. The summed E-state index contributed by atoms with van der Waals surface area (Å²) in [6, 6.07) is 13.0. The van der Waals surface area contributed by atoms with Gasteiger partial charge >= 0.3 is 0 Å². The summed E-state index contributed by atoms with van der Waals surface area (Å²) >= 11 is 6.03. The summed E-state index contributed by atoms with van der Waals surface area (Å²) < 4.78 is 16.1. The number of hydrogen-bond donors (Lipinski definition) is 3. The van der Waals surface area contributed by atoms with Gasteiger partial charge in [0, 0.05) is 37.7 Å².